The van der Waals surface area contributed by atoms with E-state index >= 15 is 0 Å². The lowest BCUT2D eigenvalue weighted by Gasteiger charge is -2.26. The lowest BCUT2D eigenvalue weighted by Crippen LogP contribution is -2.32. The van der Waals surface area contributed by atoms with Gasteiger partial charge >= 0.3 is 0 Å². The summed E-state index contributed by atoms with van der Waals surface area (Å²) in [6, 6.07) is 3.52. The summed E-state index contributed by atoms with van der Waals surface area (Å²) in [6.07, 6.45) is 5.90. The molecule has 0 N–H and O–H groups in total. The zero-order valence-electron chi connectivity index (χ0n) is 12.9. The van der Waals surface area contributed by atoms with Crippen molar-refractivity contribution in [3.8, 4) is 11.7 Å². The SMILES string of the molecule is O=C1CC[C@@]2(CCCO2)CCN1Cc1noc(-c2ccco2)n1. The van der Waals surface area contributed by atoms with Crippen molar-refractivity contribution in [1.82, 2.24) is 15.0 Å². The third-order valence-corrected chi connectivity index (χ3v) is 4.70. The van der Waals surface area contributed by atoms with E-state index in [-0.39, 0.29) is 11.5 Å². The second-order valence-corrected chi connectivity index (χ2v) is 6.19. The lowest BCUT2D eigenvalue weighted by molar-refractivity contribution is -0.131. The van der Waals surface area contributed by atoms with Crippen molar-refractivity contribution in [2.45, 2.75) is 44.2 Å². The van der Waals surface area contributed by atoms with Crippen molar-refractivity contribution in [2.24, 2.45) is 0 Å². The Morgan fingerprint density at radius 1 is 1.30 bits per heavy atom. The molecule has 2 aromatic rings. The van der Waals surface area contributed by atoms with Crippen LogP contribution in [0.3, 0.4) is 0 Å². The Labute approximate surface area is 133 Å². The van der Waals surface area contributed by atoms with Crippen LogP contribution in [0.4, 0.5) is 0 Å². The first-order valence-corrected chi connectivity index (χ1v) is 8.02. The predicted octanol–water partition coefficient (Wildman–Crippen LogP) is 2.39. The molecule has 0 unspecified atom stereocenters. The monoisotopic (exact) mass is 317 g/mol. The van der Waals surface area contributed by atoms with Gasteiger partial charge in [-0.25, -0.2) is 0 Å². The van der Waals surface area contributed by atoms with Crippen molar-refractivity contribution in [3.05, 3.63) is 24.2 Å². The van der Waals surface area contributed by atoms with E-state index in [0.717, 1.165) is 32.3 Å². The van der Waals surface area contributed by atoms with E-state index in [1.165, 1.54) is 0 Å². The number of aromatic nitrogens is 2. The topological polar surface area (TPSA) is 81.6 Å². The van der Waals surface area contributed by atoms with Gasteiger partial charge in [-0.1, -0.05) is 5.16 Å². The fourth-order valence-corrected chi connectivity index (χ4v) is 3.39. The van der Waals surface area contributed by atoms with Crippen LogP contribution in [0.5, 0.6) is 0 Å². The molecule has 1 atom stereocenters. The van der Waals surface area contributed by atoms with E-state index < -0.39 is 0 Å². The maximum atomic E-state index is 12.4. The summed E-state index contributed by atoms with van der Waals surface area (Å²) in [5.41, 5.74) is -0.0962. The molecule has 2 fully saturated rings. The van der Waals surface area contributed by atoms with Gasteiger partial charge in [-0.15, -0.1) is 0 Å². The molecular formula is C16H19N3O4. The standard InChI is InChI=1S/C16H19N3O4/c20-14-4-6-16(5-2-10-22-16)7-8-19(14)11-13-17-15(23-18-13)12-3-1-9-21-12/h1,3,9H,2,4-8,10-11H2/t16-/m0/s1. The van der Waals surface area contributed by atoms with Crippen molar-refractivity contribution < 1.29 is 18.5 Å². The molecule has 2 saturated heterocycles. The molecule has 4 rings (SSSR count). The normalized spacial score (nSPS) is 25.2. The van der Waals surface area contributed by atoms with Crippen LogP contribution in [0.2, 0.25) is 0 Å². The van der Waals surface area contributed by atoms with Crippen LogP contribution in [-0.2, 0) is 16.1 Å². The molecule has 23 heavy (non-hydrogen) atoms. The largest absolute Gasteiger partial charge is 0.459 e. The average molecular weight is 317 g/mol. The number of furan rings is 1. The van der Waals surface area contributed by atoms with Gasteiger partial charge in [-0.3, -0.25) is 4.79 Å². The Morgan fingerprint density at radius 3 is 3.04 bits per heavy atom. The first-order chi connectivity index (χ1) is 11.2. The third kappa shape index (κ3) is 2.88. The number of hydrogen-bond acceptors (Lipinski definition) is 6. The Hall–Kier alpha value is -2.15. The zero-order valence-corrected chi connectivity index (χ0v) is 12.9. The fourth-order valence-electron chi connectivity index (χ4n) is 3.39. The number of amides is 1. The van der Waals surface area contributed by atoms with Gasteiger partial charge in [0.15, 0.2) is 11.6 Å². The number of ether oxygens (including phenoxy) is 1. The minimum atomic E-state index is -0.0962. The molecule has 0 aromatic carbocycles. The number of carbonyl (C=O) groups is 1. The van der Waals surface area contributed by atoms with E-state index in [0.29, 0.717) is 37.0 Å². The van der Waals surface area contributed by atoms with Crippen LogP contribution in [0, 0.1) is 0 Å². The number of nitrogens with zero attached hydrogens (tertiary/aromatic N) is 3. The Balaban J connectivity index is 1.45. The minimum Gasteiger partial charge on any atom is -0.459 e. The van der Waals surface area contributed by atoms with E-state index in [1.807, 2.05) is 0 Å². The van der Waals surface area contributed by atoms with Crippen molar-refractivity contribution in [2.75, 3.05) is 13.2 Å². The molecule has 2 aliphatic heterocycles. The summed E-state index contributed by atoms with van der Waals surface area (Å²) in [7, 11) is 0. The Morgan fingerprint density at radius 2 is 2.26 bits per heavy atom. The first kappa shape index (κ1) is 14.4. The Bertz CT molecular complexity index is 673. The fraction of sp³-hybridized carbons (Fsp3) is 0.562. The minimum absolute atomic E-state index is 0.0962. The van der Waals surface area contributed by atoms with Gasteiger partial charge < -0.3 is 18.6 Å². The van der Waals surface area contributed by atoms with Gasteiger partial charge in [0, 0.05) is 19.6 Å². The number of carbonyl (C=O) groups excluding carboxylic acids is 1. The van der Waals surface area contributed by atoms with Gasteiger partial charge in [0.05, 0.1) is 18.4 Å². The quantitative estimate of drug-likeness (QED) is 0.864. The third-order valence-electron chi connectivity index (χ3n) is 4.70. The summed E-state index contributed by atoms with van der Waals surface area (Å²) >= 11 is 0. The van der Waals surface area contributed by atoms with Crippen LogP contribution in [-0.4, -0.2) is 39.7 Å². The molecule has 7 nitrogen and oxygen atoms in total. The van der Waals surface area contributed by atoms with Gasteiger partial charge in [0.1, 0.15) is 0 Å². The maximum absolute atomic E-state index is 12.4. The molecule has 0 aliphatic carbocycles. The van der Waals surface area contributed by atoms with E-state index in [2.05, 4.69) is 10.1 Å². The molecule has 7 heteroatoms. The summed E-state index contributed by atoms with van der Waals surface area (Å²) < 4.78 is 16.3. The van der Waals surface area contributed by atoms with E-state index in [4.69, 9.17) is 13.7 Å². The van der Waals surface area contributed by atoms with Gasteiger partial charge in [-0.05, 0) is 37.8 Å². The highest BCUT2D eigenvalue weighted by Gasteiger charge is 2.38. The molecule has 1 spiro atoms. The smallest absolute Gasteiger partial charge is 0.293 e. The summed E-state index contributed by atoms with van der Waals surface area (Å²) in [5.74, 6) is 1.49. The predicted molar refractivity (Wildman–Crippen MR) is 79.2 cm³/mol. The number of likely N-dealkylation sites (tertiary alicyclic amines) is 1. The van der Waals surface area contributed by atoms with Crippen LogP contribution < -0.4 is 0 Å². The molecule has 122 valence electrons. The maximum Gasteiger partial charge on any atom is 0.293 e. The van der Waals surface area contributed by atoms with Crippen LogP contribution in [0.25, 0.3) is 11.7 Å². The van der Waals surface area contributed by atoms with E-state index in [9.17, 15) is 4.79 Å². The van der Waals surface area contributed by atoms with Crippen LogP contribution in [0.1, 0.15) is 37.9 Å². The van der Waals surface area contributed by atoms with Gasteiger partial charge in [0.25, 0.3) is 5.89 Å². The lowest BCUT2D eigenvalue weighted by atomic mass is 9.92. The molecule has 2 aromatic heterocycles. The van der Waals surface area contributed by atoms with Crippen LogP contribution >= 0.6 is 0 Å². The highest BCUT2D eigenvalue weighted by Crippen LogP contribution is 2.36. The van der Waals surface area contributed by atoms with Crippen molar-refractivity contribution >= 4 is 5.91 Å². The number of rotatable bonds is 3. The zero-order chi connectivity index (χ0) is 15.7. The molecule has 1 amide bonds. The van der Waals surface area contributed by atoms with Gasteiger partial charge in [0.2, 0.25) is 5.91 Å². The average Bonchev–Trinajstić information content (AvgIpc) is 3.28. The van der Waals surface area contributed by atoms with Crippen molar-refractivity contribution in [1.29, 1.82) is 0 Å². The molecular weight excluding hydrogens is 298 g/mol. The summed E-state index contributed by atoms with van der Waals surface area (Å²) in [5, 5.41) is 3.95. The molecule has 0 saturated carbocycles. The summed E-state index contributed by atoms with van der Waals surface area (Å²) in [6.45, 7) is 1.84. The van der Waals surface area contributed by atoms with Crippen molar-refractivity contribution in [3.63, 3.8) is 0 Å². The van der Waals surface area contributed by atoms with Gasteiger partial charge in [-0.2, -0.15) is 4.98 Å². The molecule has 2 aliphatic rings. The molecule has 4 heterocycles. The highest BCUT2D eigenvalue weighted by atomic mass is 16.5. The first-order valence-electron chi connectivity index (χ1n) is 8.02. The Kier molecular flexibility index (Phi) is 3.65. The molecule has 0 radical (unpaired) electrons. The molecule has 0 bridgehead atoms. The summed E-state index contributed by atoms with van der Waals surface area (Å²) in [4.78, 5) is 18.5. The van der Waals surface area contributed by atoms with E-state index in [1.54, 1.807) is 23.3 Å². The second kappa shape index (κ2) is 5.81. The second-order valence-electron chi connectivity index (χ2n) is 6.19. The number of hydrogen-bond donors (Lipinski definition) is 0. The highest BCUT2D eigenvalue weighted by molar-refractivity contribution is 5.76. The van der Waals surface area contributed by atoms with Crippen LogP contribution in [0.15, 0.2) is 27.3 Å².